The van der Waals surface area contributed by atoms with Gasteiger partial charge in [-0.05, 0) is 31.9 Å². The van der Waals surface area contributed by atoms with Crippen LogP contribution in [-0.4, -0.2) is 39.1 Å². The molecule has 1 amide bonds. The number of benzene rings is 1. The Morgan fingerprint density at radius 2 is 2.16 bits per heavy atom. The summed E-state index contributed by atoms with van der Waals surface area (Å²) in [6, 6.07) is 7.78. The predicted octanol–water partition coefficient (Wildman–Crippen LogP) is 3.06. The van der Waals surface area contributed by atoms with Gasteiger partial charge in [0.05, 0.1) is 18.4 Å². The van der Waals surface area contributed by atoms with Gasteiger partial charge in [0.2, 0.25) is 5.91 Å². The molecule has 25 heavy (non-hydrogen) atoms. The van der Waals surface area contributed by atoms with Crippen LogP contribution in [0.25, 0.3) is 0 Å². The van der Waals surface area contributed by atoms with Crippen molar-refractivity contribution in [3.63, 3.8) is 0 Å². The zero-order valence-electron chi connectivity index (χ0n) is 14.7. The molecule has 1 N–H and O–H groups in total. The molecule has 6 nitrogen and oxygen atoms in total. The number of hydrogen-bond donors (Lipinski definition) is 1. The number of aromatic nitrogens is 3. The van der Waals surface area contributed by atoms with Crippen LogP contribution < -0.4 is 5.32 Å². The third kappa shape index (κ3) is 4.83. The lowest BCUT2D eigenvalue weighted by Gasteiger charge is -2.14. The Kier molecular flexibility index (Phi) is 6.09. The summed E-state index contributed by atoms with van der Waals surface area (Å²) in [7, 11) is 0. The van der Waals surface area contributed by atoms with E-state index in [4.69, 9.17) is 4.74 Å². The van der Waals surface area contributed by atoms with Crippen LogP contribution in [0.2, 0.25) is 0 Å². The standard InChI is InChI=1S/C18H24N4O2S/c1-3-16-20-21-18(22(16)11-15-5-4-10-24-15)25-12-17(23)19-14-8-6-13(2)7-9-14/h6-9,15H,3-5,10-12H2,1-2H3,(H,19,23). The summed E-state index contributed by atoms with van der Waals surface area (Å²) in [5.74, 6) is 1.21. The maximum atomic E-state index is 12.2. The van der Waals surface area contributed by atoms with Gasteiger partial charge in [-0.1, -0.05) is 36.4 Å². The Bertz CT molecular complexity index is 708. The summed E-state index contributed by atoms with van der Waals surface area (Å²) in [5.41, 5.74) is 1.98. The van der Waals surface area contributed by atoms with E-state index in [1.165, 1.54) is 17.3 Å². The van der Waals surface area contributed by atoms with Crippen LogP contribution in [0.15, 0.2) is 29.4 Å². The molecule has 1 unspecified atom stereocenters. The number of rotatable bonds is 7. The molecule has 2 aromatic rings. The zero-order chi connectivity index (χ0) is 17.6. The highest BCUT2D eigenvalue weighted by Gasteiger charge is 2.20. The number of thioether (sulfide) groups is 1. The van der Waals surface area contributed by atoms with Gasteiger partial charge in [0.25, 0.3) is 0 Å². The van der Waals surface area contributed by atoms with Gasteiger partial charge >= 0.3 is 0 Å². The number of hydrogen-bond acceptors (Lipinski definition) is 5. The molecule has 3 rings (SSSR count). The quantitative estimate of drug-likeness (QED) is 0.769. The van der Waals surface area contributed by atoms with Crippen LogP contribution in [0.3, 0.4) is 0 Å². The highest BCUT2D eigenvalue weighted by atomic mass is 32.2. The Labute approximate surface area is 152 Å². The Morgan fingerprint density at radius 1 is 1.36 bits per heavy atom. The first-order valence-electron chi connectivity index (χ1n) is 8.68. The second-order valence-electron chi connectivity index (χ2n) is 6.20. The molecule has 1 aromatic heterocycles. The number of amides is 1. The molecule has 0 spiro atoms. The Balaban J connectivity index is 1.59. The topological polar surface area (TPSA) is 69.0 Å². The summed E-state index contributed by atoms with van der Waals surface area (Å²) in [5, 5.41) is 12.2. The van der Waals surface area contributed by atoms with Gasteiger partial charge in [-0.25, -0.2) is 0 Å². The summed E-state index contributed by atoms with van der Waals surface area (Å²) in [4.78, 5) is 12.2. The van der Waals surface area contributed by atoms with Gasteiger partial charge in [0, 0.05) is 18.7 Å². The van der Waals surface area contributed by atoms with Crippen molar-refractivity contribution in [3.05, 3.63) is 35.7 Å². The van der Waals surface area contributed by atoms with Crippen molar-refractivity contribution in [2.45, 2.75) is 50.9 Å². The van der Waals surface area contributed by atoms with Gasteiger partial charge in [-0.3, -0.25) is 4.79 Å². The largest absolute Gasteiger partial charge is 0.376 e. The van der Waals surface area contributed by atoms with Gasteiger partial charge in [-0.2, -0.15) is 0 Å². The second-order valence-corrected chi connectivity index (χ2v) is 7.14. The van der Waals surface area contributed by atoms with Crippen LogP contribution in [0, 0.1) is 6.92 Å². The minimum Gasteiger partial charge on any atom is -0.376 e. The molecule has 1 aliphatic heterocycles. The highest BCUT2D eigenvalue weighted by molar-refractivity contribution is 7.99. The lowest BCUT2D eigenvalue weighted by Crippen LogP contribution is -2.19. The van der Waals surface area contributed by atoms with E-state index in [0.29, 0.717) is 5.75 Å². The fourth-order valence-corrected chi connectivity index (χ4v) is 3.59. The average molecular weight is 360 g/mol. The first kappa shape index (κ1) is 17.9. The van der Waals surface area contributed by atoms with Crippen molar-refractivity contribution in [2.24, 2.45) is 0 Å². The van der Waals surface area contributed by atoms with E-state index in [1.807, 2.05) is 31.2 Å². The third-order valence-corrected chi connectivity index (χ3v) is 5.15. The second kappa shape index (κ2) is 8.49. The van der Waals surface area contributed by atoms with E-state index in [1.54, 1.807) is 0 Å². The molecule has 1 aromatic carbocycles. The molecular formula is C18H24N4O2S. The molecule has 7 heteroatoms. The Morgan fingerprint density at radius 3 is 2.84 bits per heavy atom. The van der Waals surface area contributed by atoms with Gasteiger partial charge in [0.15, 0.2) is 5.16 Å². The van der Waals surface area contributed by atoms with Crippen molar-refractivity contribution in [1.82, 2.24) is 14.8 Å². The number of aryl methyl sites for hydroxylation is 2. The van der Waals surface area contributed by atoms with E-state index in [9.17, 15) is 4.79 Å². The monoisotopic (exact) mass is 360 g/mol. The molecule has 134 valence electrons. The van der Waals surface area contributed by atoms with E-state index in [0.717, 1.165) is 49.1 Å². The van der Waals surface area contributed by atoms with E-state index < -0.39 is 0 Å². The Hall–Kier alpha value is -1.86. The number of nitrogens with one attached hydrogen (secondary N) is 1. The van der Waals surface area contributed by atoms with Crippen molar-refractivity contribution in [1.29, 1.82) is 0 Å². The molecule has 1 saturated heterocycles. The number of ether oxygens (including phenoxy) is 1. The molecule has 2 heterocycles. The van der Waals surface area contributed by atoms with Crippen LogP contribution in [0.4, 0.5) is 5.69 Å². The van der Waals surface area contributed by atoms with Crippen LogP contribution in [-0.2, 0) is 22.5 Å². The average Bonchev–Trinajstić information content (AvgIpc) is 3.25. The SMILES string of the molecule is CCc1nnc(SCC(=O)Nc2ccc(C)cc2)n1CC1CCCO1. The minimum absolute atomic E-state index is 0.0430. The third-order valence-electron chi connectivity index (χ3n) is 4.19. The maximum absolute atomic E-state index is 12.2. The molecule has 1 aliphatic rings. The lowest BCUT2D eigenvalue weighted by molar-refractivity contribution is -0.113. The summed E-state index contributed by atoms with van der Waals surface area (Å²) < 4.78 is 7.83. The smallest absolute Gasteiger partial charge is 0.234 e. The summed E-state index contributed by atoms with van der Waals surface area (Å²) in [6.45, 7) is 5.68. The van der Waals surface area contributed by atoms with Crippen molar-refractivity contribution < 1.29 is 9.53 Å². The van der Waals surface area contributed by atoms with E-state index in [2.05, 4.69) is 27.0 Å². The van der Waals surface area contributed by atoms with Gasteiger partial charge in [-0.15, -0.1) is 10.2 Å². The first-order valence-corrected chi connectivity index (χ1v) is 9.67. The number of carbonyl (C=O) groups excluding carboxylic acids is 1. The predicted molar refractivity (Wildman–Crippen MR) is 98.9 cm³/mol. The lowest BCUT2D eigenvalue weighted by atomic mass is 10.2. The number of carbonyl (C=O) groups is 1. The van der Waals surface area contributed by atoms with Gasteiger partial charge in [0.1, 0.15) is 5.82 Å². The van der Waals surface area contributed by atoms with Gasteiger partial charge < -0.3 is 14.6 Å². The molecule has 0 aliphatic carbocycles. The van der Waals surface area contributed by atoms with Crippen LogP contribution in [0.5, 0.6) is 0 Å². The minimum atomic E-state index is -0.0430. The van der Waals surface area contributed by atoms with Crippen LogP contribution >= 0.6 is 11.8 Å². The number of anilines is 1. The van der Waals surface area contributed by atoms with Crippen LogP contribution in [0.1, 0.15) is 31.2 Å². The first-order chi connectivity index (χ1) is 12.2. The van der Waals surface area contributed by atoms with Crippen molar-refractivity contribution in [2.75, 3.05) is 17.7 Å². The molecular weight excluding hydrogens is 336 g/mol. The van der Waals surface area contributed by atoms with E-state index in [-0.39, 0.29) is 12.0 Å². The summed E-state index contributed by atoms with van der Waals surface area (Å²) in [6.07, 6.45) is 3.22. The molecule has 0 bridgehead atoms. The normalized spacial score (nSPS) is 17.0. The molecule has 0 saturated carbocycles. The zero-order valence-corrected chi connectivity index (χ0v) is 15.5. The summed E-state index contributed by atoms with van der Waals surface area (Å²) >= 11 is 1.42. The fourth-order valence-electron chi connectivity index (χ4n) is 2.83. The number of nitrogens with zero attached hydrogens (tertiary/aromatic N) is 3. The molecule has 1 fully saturated rings. The highest BCUT2D eigenvalue weighted by Crippen LogP contribution is 2.22. The van der Waals surface area contributed by atoms with Crippen molar-refractivity contribution >= 4 is 23.4 Å². The molecule has 1 atom stereocenters. The maximum Gasteiger partial charge on any atom is 0.234 e. The molecule has 0 radical (unpaired) electrons. The fraction of sp³-hybridized carbons (Fsp3) is 0.500. The van der Waals surface area contributed by atoms with Crippen molar-refractivity contribution in [3.8, 4) is 0 Å². The van der Waals surface area contributed by atoms with E-state index >= 15 is 0 Å².